The van der Waals surface area contributed by atoms with Crippen LogP contribution in [0, 0.1) is 0 Å². The summed E-state index contributed by atoms with van der Waals surface area (Å²) >= 11 is 1.41. The van der Waals surface area contributed by atoms with Crippen LogP contribution in [0.2, 0.25) is 0 Å². The van der Waals surface area contributed by atoms with E-state index in [0.29, 0.717) is 10.7 Å². The number of para-hydroxylation sites is 2. The predicted molar refractivity (Wildman–Crippen MR) is 118 cm³/mol. The normalized spacial score (nSPS) is 15.6. The van der Waals surface area contributed by atoms with Crippen molar-refractivity contribution >= 4 is 40.2 Å². The van der Waals surface area contributed by atoms with Gasteiger partial charge in [-0.2, -0.15) is 0 Å². The average molecular weight is 404 g/mol. The fourth-order valence-electron chi connectivity index (χ4n) is 3.34. The first-order chi connectivity index (χ1) is 14.2. The van der Waals surface area contributed by atoms with Crippen LogP contribution >= 0.6 is 11.3 Å². The van der Waals surface area contributed by atoms with Gasteiger partial charge in [0.1, 0.15) is 11.6 Å². The second kappa shape index (κ2) is 8.41. The number of nitrogens with zero attached hydrogens (tertiary/aromatic N) is 2. The molecule has 146 valence electrons. The molecule has 1 aliphatic heterocycles. The first kappa shape index (κ1) is 19.1. The molecular weight excluding hydrogens is 382 g/mol. The Morgan fingerprint density at radius 3 is 2.38 bits per heavy atom. The van der Waals surface area contributed by atoms with E-state index in [4.69, 9.17) is 14.7 Å². The number of methoxy groups -OCH3 is 1. The van der Waals surface area contributed by atoms with E-state index in [1.54, 1.807) is 7.11 Å². The van der Waals surface area contributed by atoms with E-state index in [9.17, 15) is 4.79 Å². The Hall–Kier alpha value is -3.25. The highest BCUT2D eigenvalue weighted by Crippen LogP contribution is 2.35. The lowest BCUT2D eigenvalue weighted by Gasteiger charge is -2.21. The molecule has 4 rings (SSSR count). The van der Waals surface area contributed by atoms with Gasteiger partial charge < -0.3 is 10.1 Å². The van der Waals surface area contributed by atoms with E-state index in [1.807, 2.05) is 66.0 Å². The van der Waals surface area contributed by atoms with Crippen molar-refractivity contribution in [1.82, 2.24) is 5.32 Å². The molecular formula is C23H21N3O2S. The molecule has 0 unspecified atom stereocenters. The number of carbonyl (C=O) groups excluding carboxylic acids is 1. The van der Waals surface area contributed by atoms with Gasteiger partial charge >= 0.3 is 0 Å². The van der Waals surface area contributed by atoms with E-state index >= 15 is 0 Å². The molecule has 0 spiro atoms. The molecule has 1 N–H and O–H groups in total. The summed E-state index contributed by atoms with van der Waals surface area (Å²) in [6.07, 6.45) is 0.735. The van der Waals surface area contributed by atoms with Crippen molar-refractivity contribution in [2.24, 2.45) is 9.98 Å². The number of rotatable bonds is 4. The minimum atomic E-state index is -0.248. The van der Waals surface area contributed by atoms with Gasteiger partial charge in [-0.15, -0.1) is 11.3 Å². The van der Waals surface area contributed by atoms with Gasteiger partial charge in [0, 0.05) is 5.71 Å². The highest BCUT2D eigenvalue weighted by molar-refractivity contribution is 7.12. The fraction of sp³-hybridized carbons (Fsp3) is 0.174. The number of aliphatic imine (C=N–C) groups is 2. The number of ether oxygens (including phenoxy) is 1. The smallest absolute Gasteiger partial charge is 0.266 e. The fourth-order valence-corrected chi connectivity index (χ4v) is 3.96. The number of amides is 1. The summed E-state index contributed by atoms with van der Waals surface area (Å²) in [7, 11) is 1.64. The lowest BCUT2D eigenvalue weighted by molar-refractivity contribution is 0.0980. The zero-order valence-electron chi connectivity index (χ0n) is 16.3. The number of hydrogen-bond acceptors (Lipinski definition) is 5. The number of fused-ring (bicyclic) bond motifs is 1. The van der Waals surface area contributed by atoms with Gasteiger partial charge in [0.25, 0.3) is 5.91 Å². The Labute approximate surface area is 173 Å². The molecule has 6 heteroatoms. The maximum atomic E-state index is 12.8. The van der Waals surface area contributed by atoms with Crippen LogP contribution in [0.1, 0.15) is 34.5 Å². The quantitative estimate of drug-likeness (QED) is 0.625. The van der Waals surface area contributed by atoms with Crippen LogP contribution < -0.4 is 10.1 Å². The second-order valence-corrected chi connectivity index (χ2v) is 7.53. The molecule has 0 saturated heterocycles. The SMILES string of the molecule is CCC1=Nc2ccccc2N=C(NC(=O)c2cccs2)[C@@H]1c1ccc(OC)cc1. The number of hydrogen-bond donors (Lipinski definition) is 1. The summed E-state index contributed by atoms with van der Waals surface area (Å²) in [5, 5.41) is 4.94. The molecule has 0 saturated carbocycles. The van der Waals surface area contributed by atoms with Crippen molar-refractivity contribution < 1.29 is 9.53 Å². The first-order valence-electron chi connectivity index (χ1n) is 9.43. The lowest BCUT2D eigenvalue weighted by Crippen LogP contribution is -2.37. The Morgan fingerprint density at radius 2 is 1.76 bits per heavy atom. The van der Waals surface area contributed by atoms with Crippen molar-refractivity contribution in [3.63, 3.8) is 0 Å². The molecule has 3 aromatic rings. The molecule has 0 fully saturated rings. The van der Waals surface area contributed by atoms with Gasteiger partial charge in [-0.25, -0.2) is 4.99 Å². The Kier molecular flexibility index (Phi) is 5.53. The summed E-state index contributed by atoms with van der Waals surface area (Å²) in [5.74, 6) is 0.954. The van der Waals surface area contributed by atoms with Crippen LogP contribution in [0.25, 0.3) is 0 Å². The van der Waals surface area contributed by atoms with E-state index in [1.165, 1.54) is 11.3 Å². The van der Waals surface area contributed by atoms with Crippen molar-refractivity contribution in [1.29, 1.82) is 0 Å². The van der Waals surface area contributed by atoms with E-state index < -0.39 is 0 Å². The van der Waals surface area contributed by atoms with Gasteiger partial charge in [0.15, 0.2) is 0 Å². The molecule has 5 nitrogen and oxygen atoms in total. The van der Waals surface area contributed by atoms with Crippen LogP contribution in [0.15, 0.2) is 76.0 Å². The van der Waals surface area contributed by atoms with Crippen molar-refractivity contribution in [3.8, 4) is 5.75 Å². The molecule has 2 aromatic carbocycles. The minimum absolute atomic E-state index is 0.160. The lowest BCUT2D eigenvalue weighted by atomic mass is 9.91. The average Bonchev–Trinajstić information content (AvgIpc) is 3.24. The molecule has 29 heavy (non-hydrogen) atoms. The Balaban J connectivity index is 1.82. The zero-order valence-corrected chi connectivity index (χ0v) is 17.1. The standard InChI is InChI=1S/C23H21N3O2S/c1-3-17-21(15-10-12-16(28-2)13-11-15)22(26-23(27)20-9-6-14-29-20)25-19-8-5-4-7-18(19)24-17/h4-14,21H,3H2,1-2H3,(H,25,26,27)/t21-/m1/s1. The molecule has 2 heterocycles. The number of nitrogens with one attached hydrogen (secondary N) is 1. The monoisotopic (exact) mass is 403 g/mol. The summed E-state index contributed by atoms with van der Waals surface area (Å²) in [5.41, 5.74) is 3.51. The van der Waals surface area contributed by atoms with Crippen LogP contribution in [0.5, 0.6) is 5.75 Å². The predicted octanol–water partition coefficient (Wildman–Crippen LogP) is 5.50. The summed E-state index contributed by atoms with van der Waals surface area (Å²) < 4.78 is 5.30. The molecule has 1 atom stereocenters. The highest BCUT2D eigenvalue weighted by Gasteiger charge is 2.28. The highest BCUT2D eigenvalue weighted by atomic mass is 32.1. The van der Waals surface area contributed by atoms with Crippen molar-refractivity contribution in [3.05, 3.63) is 76.5 Å². The summed E-state index contributed by atoms with van der Waals surface area (Å²) in [6.45, 7) is 2.07. The van der Waals surface area contributed by atoms with Gasteiger partial charge in [-0.3, -0.25) is 9.79 Å². The number of thiophene rings is 1. The third-order valence-electron chi connectivity index (χ3n) is 4.79. The maximum Gasteiger partial charge on any atom is 0.266 e. The van der Waals surface area contributed by atoms with Crippen molar-refractivity contribution in [2.75, 3.05) is 7.11 Å². The summed E-state index contributed by atoms with van der Waals surface area (Å²) in [4.78, 5) is 23.2. The molecule has 1 aromatic heterocycles. The largest absolute Gasteiger partial charge is 0.497 e. The van der Waals surface area contributed by atoms with Gasteiger partial charge in [-0.05, 0) is 47.7 Å². The number of benzene rings is 2. The molecule has 1 amide bonds. The Morgan fingerprint density at radius 1 is 1.03 bits per heavy atom. The molecule has 0 bridgehead atoms. The minimum Gasteiger partial charge on any atom is -0.497 e. The van der Waals surface area contributed by atoms with Crippen LogP contribution in [0.4, 0.5) is 11.4 Å². The Bertz CT molecular complexity index is 1070. The van der Waals surface area contributed by atoms with Gasteiger partial charge in [-0.1, -0.05) is 37.3 Å². The van der Waals surface area contributed by atoms with Gasteiger partial charge in [0.05, 0.1) is 29.3 Å². The molecule has 1 aliphatic rings. The van der Waals surface area contributed by atoms with Crippen LogP contribution in [-0.4, -0.2) is 24.6 Å². The molecule has 0 aliphatic carbocycles. The third kappa shape index (κ3) is 3.98. The summed E-state index contributed by atoms with van der Waals surface area (Å²) in [6, 6.07) is 19.2. The van der Waals surface area contributed by atoms with E-state index in [2.05, 4.69) is 12.2 Å². The zero-order chi connectivity index (χ0) is 20.2. The topological polar surface area (TPSA) is 63.0 Å². The number of amidine groups is 1. The van der Waals surface area contributed by atoms with E-state index in [0.717, 1.165) is 34.8 Å². The molecule has 0 radical (unpaired) electrons. The van der Waals surface area contributed by atoms with Crippen LogP contribution in [-0.2, 0) is 0 Å². The van der Waals surface area contributed by atoms with E-state index in [-0.39, 0.29) is 11.8 Å². The van der Waals surface area contributed by atoms with Crippen molar-refractivity contribution in [2.45, 2.75) is 19.3 Å². The third-order valence-corrected chi connectivity index (χ3v) is 5.66. The first-order valence-corrected chi connectivity index (χ1v) is 10.3. The number of carbonyl (C=O) groups is 1. The second-order valence-electron chi connectivity index (χ2n) is 6.58. The van der Waals surface area contributed by atoms with Gasteiger partial charge in [0.2, 0.25) is 0 Å². The maximum absolute atomic E-state index is 12.8. The van der Waals surface area contributed by atoms with Crippen LogP contribution in [0.3, 0.4) is 0 Å².